The summed E-state index contributed by atoms with van der Waals surface area (Å²) in [7, 11) is 3.96. The van der Waals surface area contributed by atoms with Crippen LogP contribution in [0.4, 0.5) is 16.6 Å². The summed E-state index contributed by atoms with van der Waals surface area (Å²) in [5.74, 6) is 2.15. The van der Waals surface area contributed by atoms with E-state index in [0.717, 1.165) is 37.1 Å². The van der Waals surface area contributed by atoms with Crippen molar-refractivity contribution in [1.29, 1.82) is 0 Å². The molecule has 0 aliphatic heterocycles. The number of nitrogens with one attached hydrogen (secondary N) is 2. The summed E-state index contributed by atoms with van der Waals surface area (Å²) in [6.45, 7) is 2.68. The lowest BCUT2D eigenvalue weighted by atomic mass is 9.86. The standard InChI is InChI=1S/C15H26N6O.ClH/c1-10-8-18-15(20-13(10)21(2)3)19-12-6-4-11(5-7-12)9-17-14(16)22;/h8,11-12H,4-7,9H2,1-3H3,(H3,16,17,22)(H,18,19,20);1H. The fourth-order valence-corrected chi connectivity index (χ4v) is 2.89. The number of aryl methyl sites for hydroxylation is 1. The molecule has 1 aromatic heterocycles. The minimum Gasteiger partial charge on any atom is -0.362 e. The predicted octanol–water partition coefficient (Wildman–Crippen LogP) is 1.91. The van der Waals surface area contributed by atoms with Gasteiger partial charge in [-0.2, -0.15) is 4.98 Å². The number of nitrogens with zero attached hydrogens (tertiary/aromatic N) is 3. The Bertz CT molecular complexity index is 517. The van der Waals surface area contributed by atoms with Crippen LogP contribution in [0.2, 0.25) is 0 Å². The van der Waals surface area contributed by atoms with Crippen LogP contribution in [0, 0.1) is 12.8 Å². The first-order chi connectivity index (χ1) is 10.5. The Morgan fingerprint density at radius 1 is 1.35 bits per heavy atom. The second-order valence-corrected chi connectivity index (χ2v) is 6.20. The van der Waals surface area contributed by atoms with E-state index in [1.807, 2.05) is 32.1 Å². The van der Waals surface area contributed by atoms with Crippen LogP contribution in [-0.4, -0.2) is 42.7 Å². The monoisotopic (exact) mass is 342 g/mol. The second-order valence-electron chi connectivity index (χ2n) is 6.20. The Kier molecular flexibility index (Phi) is 7.35. The number of nitrogens with two attached hydrogens (primary N) is 1. The smallest absolute Gasteiger partial charge is 0.312 e. The number of rotatable bonds is 5. The number of anilines is 2. The lowest BCUT2D eigenvalue weighted by Gasteiger charge is -2.29. The molecule has 8 heteroatoms. The molecule has 0 radical (unpaired) electrons. The fraction of sp³-hybridized carbons (Fsp3) is 0.667. The minimum absolute atomic E-state index is 0. The van der Waals surface area contributed by atoms with Crippen LogP contribution >= 0.6 is 12.4 Å². The summed E-state index contributed by atoms with van der Waals surface area (Å²) in [5, 5.41) is 6.12. The minimum atomic E-state index is -0.440. The number of carbonyl (C=O) groups excluding carboxylic acids is 1. The van der Waals surface area contributed by atoms with E-state index in [1.165, 1.54) is 0 Å². The van der Waals surface area contributed by atoms with Crippen molar-refractivity contribution in [2.45, 2.75) is 38.6 Å². The fourth-order valence-electron chi connectivity index (χ4n) is 2.89. The van der Waals surface area contributed by atoms with Crippen LogP contribution in [0.1, 0.15) is 31.2 Å². The molecule has 130 valence electrons. The average molecular weight is 343 g/mol. The van der Waals surface area contributed by atoms with Gasteiger partial charge in [-0.15, -0.1) is 12.4 Å². The van der Waals surface area contributed by atoms with E-state index in [2.05, 4.69) is 20.6 Å². The number of halogens is 1. The van der Waals surface area contributed by atoms with E-state index in [4.69, 9.17) is 5.73 Å². The van der Waals surface area contributed by atoms with Gasteiger partial charge in [-0.1, -0.05) is 0 Å². The number of hydrogen-bond donors (Lipinski definition) is 3. The third-order valence-corrected chi connectivity index (χ3v) is 4.11. The van der Waals surface area contributed by atoms with Crippen LogP contribution < -0.4 is 21.3 Å². The van der Waals surface area contributed by atoms with Gasteiger partial charge >= 0.3 is 6.03 Å². The normalized spacial score (nSPS) is 20.3. The van der Waals surface area contributed by atoms with Crippen LogP contribution in [0.15, 0.2) is 6.20 Å². The van der Waals surface area contributed by atoms with Gasteiger partial charge in [-0.05, 0) is 38.5 Å². The van der Waals surface area contributed by atoms with Crippen molar-refractivity contribution < 1.29 is 4.79 Å². The molecule has 23 heavy (non-hydrogen) atoms. The van der Waals surface area contributed by atoms with Gasteiger partial charge in [0.2, 0.25) is 5.95 Å². The molecule has 0 aromatic carbocycles. The van der Waals surface area contributed by atoms with Crippen LogP contribution in [0.3, 0.4) is 0 Å². The van der Waals surface area contributed by atoms with Crippen molar-refractivity contribution >= 4 is 30.2 Å². The first kappa shape index (κ1) is 19.3. The molecule has 0 saturated heterocycles. The highest BCUT2D eigenvalue weighted by molar-refractivity contribution is 5.85. The summed E-state index contributed by atoms with van der Waals surface area (Å²) in [6, 6.07) is -0.0490. The SMILES string of the molecule is Cc1cnc(NC2CCC(CNC(N)=O)CC2)nc1N(C)C.Cl. The summed E-state index contributed by atoms with van der Waals surface area (Å²) < 4.78 is 0. The van der Waals surface area contributed by atoms with Crippen molar-refractivity contribution in [3.63, 3.8) is 0 Å². The Morgan fingerprint density at radius 3 is 2.57 bits per heavy atom. The number of carbonyl (C=O) groups is 1. The van der Waals surface area contributed by atoms with Crippen molar-refractivity contribution in [1.82, 2.24) is 15.3 Å². The van der Waals surface area contributed by atoms with Gasteiger partial charge in [0.15, 0.2) is 0 Å². The maximum atomic E-state index is 10.7. The molecule has 0 bridgehead atoms. The first-order valence-corrected chi connectivity index (χ1v) is 7.76. The highest BCUT2D eigenvalue weighted by atomic mass is 35.5. The molecule has 1 aromatic rings. The van der Waals surface area contributed by atoms with Gasteiger partial charge in [0.1, 0.15) is 5.82 Å². The Labute approximate surface area is 143 Å². The molecule has 7 nitrogen and oxygen atoms in total. The summed E-state index contributed by atoms with van der Waals surface area (Å²) in [4.78, 5) is 21.7. The molecule has 1 aliphatic rings. The van der Waals surface area contributed by atoms with Gasteiger partial charge in [0.25, 0.3) is 0 Å². The number of hydrogen-bond acceptors (Lipinski definition) is 5. The molecule has 0 atom stereocenters. The quantitative estimate of drug-likeness (QED) is 0.759. The molecule has 1 heterocycles. The highest BCUT2D eigenvalue weighted by Gasteiger charge is 2.22. The topological polar surface area (TPSA) is 96.2 Å². The van der Waals surface area contributed by atoms with Gasteiger partial charge in [0.05, 0.1) is 0 Å². The van der Waals surface area contributed by atoms with Gasteiger partial charge in [0, 0.05) is 38.4 Å². The number of aromatic nitrogens is 2. The van der Waals surface area contributed by atoms with Crippen LogP contribution in [0.5, 0.6) is 0 Å². The molecular weight excluding hydrogens is 316 g/mol. The van der Waals surface area contributed by atoms with Crippen LogP contribution in [0.25, 0.3) is 0 Å². The van der Waals surface area contributed by atoms with Crippen molar-refractivity contribution in [2.75, 3.05) is 30.9 Å². The highest BCUT2D eigenvalue weighted by Crippen LogP contribution is 2.26. The Morgan fingerprint density at radius 2 is 2.00 bits per heavy atom. The lowest BCUT2D eigenvalue weighted by molar-refractivity contribution is 0.243. The zero-order valence-electron chi connectivity index (χ0n) is 14.0. The third-order valence-electron chi connectivity index (χ3n) is 4.11. The van der Waals surface area contributed by atoms with Gasteiger partial charge < -0.3 is 21.3 Å². The second kappa shape index (κ2) is 8.76. The Balaban J connectivity index is 0.00000264. The predicted molar refractivity (Wildman–Crippen MR) is 95.3 cm³/mol. The van der Waals surface area contributed by atoms with E-state index >= 15 is 0 Å². The molecular formula is C15H27ClN6O. The van der Waals surface area contributed by atoms with E-state index < -0.39 is 6.03 Å². The van der Waals surface area contributed by atoms with E-state index in [1.54, 1.807) is 0 Å². The largest absolute Gasteiger partial charge is 0.362 e. The molecule has 1 fully saturated rings. The van der Waals surface area contributed by atoms with Crippen molar-refractivity contribution in [3.05, 3.63) is 11.8 Å². The molecule has 0 unspecified atom stereocenters. The van der Waals surface area contributed by atoms with Crippen molar-refractivity contribution in [2.24, 2.45) is 11.7 Å². The molecule has 4 N–H and O–H groups in total. The summed E-state index contributed by atoms with van der Waals surface area (Å²) in [5.41, 5.74) is 6.17. The van der Waals surface area contributed by atoms with Gasteiger partial charge in [-0.3, -0.25) is 0 Å². The summed E-state index contributed by atoms with van der Waals surface area (Å²) in [6.07, 6.45) is 6.11. The molecule has 2 rings (SSSR count). The van der Waals surface area contributed by atoms with Crippen LogP contribution in [-0.2, 0) is 0 Å². The average Bonchev–Trinajstić information content (AvgIpc) is 2.48. The summed E-state index contributed by atoms with van der Waals surface area (Å²) >= 11 is 0. The number of amides is 2. The first-order valence-electron chi connectivity index (χ1n) is 7.76. The maximum absolute atomic E-state index is 10.7. The maximum Gasteiger partial charge on any atom is 0.312 e. The third kappa shape index (κ3) is 5.74. The lowest BCUT2D eigenvalue weighted by Crippen LogP contribution is -2.36. The molecule has 1 aliphatic carbocycles. The molecule has 1 saturated carbocycles. The zero-order valence-corrected chi connectivity index (χ0v) is 14.8. The Hall–Kier alpha value is -1.76. The van der Waals surface area contributed by atoms with Crippen molar-refractivity contribution in [3.8, 4) is 0 Å². The molecule has 0 spiro atoms. The number of urea groups is 1. The zero-order chi connectivity index (χ0) is 16.1. The molecule has 2 amide bonds. The van der Waals surface area contributed by atoms with Gasteiger partial charge in [-0.25, -0.2) is 9.78 Å². The van der Waals surface area contributed by atoms with E-state index in [-0.39, 0.29) is 12.4 Å². The van der Waals surface area contributed by atoms with E-state index in [9.17, 15) is 4.79 Å². The van der Waals surface area contributed by atoms with E-state index in [0.29, 0.717) is 24.5 Å². The number of primary amides is 1.